The summed E-state index contributed by atoms with van der Waals surface area (Å²) >= 11 is 8.80. The van der Waals surface area contributed by atoms with Crippen LogP contribution in [0.3, 0.4) is 0 Å². The second-order valence-electron chi connectivity index (χ2n) is 3.98. The van der Waals surface area contributed by atoms with Crippen molar-refractivity contribution in [2.45, 2.75) is 55.2 Å². The molecule has 2 heteroatoms. The van der Waals surface area contributed by atoms with Crippen LogP contribution in [0.25, 0.3) is 0 Å². The van der Waals surface area contributed by atoms with Gasteiger partial charge in [-0.3, -0.25) is 0 Å². The fourth-order valence-electron chi connectivity index (χ4n) is 1.69. The van der Waals surface area contributed by atoms with Crippen LogP contribution in [-0.4, -0.2) is 0 Å². The quantitative estimate of drug-likeness (QED) is 0.519. The van der Waals surface area contributed by atoms with Gasteiger partial charge in [-0.25, -0.2) is 0 Å². The molecular formula is C13H20S2. The van der Waals surface area contributed by atoms with E-state index in [9.17, 15) is 0 Å². The van der Waals surface area contributed by atoms with Gasteiger partial charge in [0.15, 0.2) is 0 Å². The lowest BCUT2D eigenvalue weighted by atomic mass is 10.1. The zero-order valence-corrected chi connectivity index (χ0v) is 11.2. The number of benzene rings is 1. The zero-order valence-electron chi connectivity index (χ0n) is 9.37. The minimum absolute atomic E-state index is 1.04. The van der Waals surface area contributed by atoms with E-state index in [2.05, 4.69) is 38.2 Å². The molecule has 0 N–H and O–H groups in total. The normalized spacial score (nSPS) is 10.6. The molecule has 0 unspecified atom stereocenters. The Bertz CT molecular complexity index is 295. The fourth-order valence-corrected chi connectivity index (χ4v) is 2.17. The maximum atomic E-state index is 4.45. The van der Waals surface area contributed by atoms with Crippen LogP contribution in [-0.2, 0) is 6.42 Å². The van der Waals surface area contributed by atoms with Gasteiger partial charge in [0.2, 0.25) is 0 Å². The molecular weight excluding hydrogens is 220 g/mol. The van der Waals surface area contributed by atoms with Gasteiger partial charge in [0.1, 0.15) is 0 Å². The van der Waals surface area contributed by atoms with Crippen molar-refractivity contribution in [3.8, 4) is 0 Å². The van der Waals surface area contributed by atoms with Gasteiger partial charge in [0.25, 0.3) is 0 Å². The molecule has 0 atom stereocenters. The molecule has 0 bridgehead atoms. The van der Waals surface area contributed by atoms with Crippen LogP contribution in [0.1, 0.15) is 44.6 Å². The summed E-state index contributed by atoms with van der Waals surface area (Å²) in [5.74, 6) is 0. The fraction of sp³-hybridized carbons (Fsp3) is 0.538. The van der Waals surface area contributed by atoms with E-state index in [1.807, 2.05) is 12.1 Å². The van der Waals surface area contributed by atoms with Crippen LogP contribution in [0.5, 0.6) is 0 Å². The second kappa shape index (κ2) is 7.24. The van der Waals surface area contributed by atoms with Gasteiger partial charge in [0.05, 0.1) is 0 Å². The number of hydrogen-bond donors (Lipinski definition) is 2. The highest BCUT2D eigenvalue weighted by Crippen LogP contribution is 2.20. The monoisotopic (exact) mass is 240 g/mol. The maximum absolute atomic E-state index is 4.45. The predicted octanol–water partition coefficient (Wildman–Crippen LogP) is 4.78. The first-order valence-electron chi connectivity index (χ1n) is 5.75. The van der Waals surface area contributed by atoms with Crippen LogP contribution >= 0.6 is 25.3 Å². The van der Waals surface area contributed by atoms with Crippen molar-refractivity contribution < 1.29 is 0 Å². The van der Waals surface area contributed by atoms with Crippen molar-refractivity contribution in [2.24, 2.45) is 0 Å². The van der Waals surface area contributed by atoms with Crippen molar-refractivity contribution in [1.82, 2.24) is 0 Å². The molecule has 1 aromatic carbocycles. The first-order valence-corrected chi connectivity index (χ1v) is 6.64. The Morgan fingerprint density at radius 2 is 1.73 bits per heavy atom. The molecule has 1 rings (SSSR count). The summed E-state index contributed by atoms with van der Waals surface area (Å²) in [4.78, 5) is 2.14. The maximum Gasteiger partial charge on any atom is 0.00728 e. The van der Waals surface area contributed by atoms with Crippen LogP contribution in [0.4, 0.5) is 0 Å². The Morgan fingerprint density at radius 3 is 2.47 bits per heavy atom. The number of unbranched alkanes of at least 4 members (excludes halogenated alkanes) is 4. The molecule has 0 saturated heterocycles. The predicted molar refractivity (Wildman–Crippen MR) is 73.4 cm³/mol. The van der Waals surface area contributed by atoms with Gasteiger partial charge < -0.3 is 0 Å². The van der Waals surface area contributed by atoms with E-state index in [4.69, 9.17) is 0 Å². The molecule has 0 aliphatic rings. The third-order valence-electron chi connectivity index (χ3n) is 2.61. The highest BCUT2D eigenvalue weighted by atomic mass is 32.1. The summed E-state index contributed by atoms with van der Waals surface area (Å²) in [7, 11) is 0. The smallest absolute Gasteiger partial charge is 0.00728 e. The SMILES string of the molecule is CCCCCCCc1cc(S)ccc1S. The molecule has 0 nitrogen and oxygen atoms in total. The lowest BCUT2D eigenvalue weighted by Gasteiger charge is -2.05. The summed E-state index contributed by atoms with van der Waals surface area (Å²) in [6.45, 7) is 2.25. The Hall–Kier alpha value is -0.0800. The van der Waals surface area contributed by atoms with Crippen LogP contribution in [0.2, 0.25) is 0 Å². The Labute approximate surface area is 104 Å². The minimum atomic E-state index is 1.04. The van der Waals surface area contributed by atoms with E-state index < -0.39 is 0 Å². The Balaban J connectivity index is 2.33. The van der Waals surface area contributed by atoms with E-state index in [0.717, 1.165) is 16.2 Å². The van der Waals surface area contributed by atoms with Gasteiger partial charge in [-0.05, 0) is 36.6 Å². The topological polar surface area (TPSA) is 0 Å². The molecule has 0 heterocycles. The van der Waals surface area contributed by atoms with Gasteiger partial charge in [-0.15, -0.1) is 25.3 Å². The molecule has 1 aromatic rings. The van der Waals surface area contributed by atoms with Crippen molar-refractivity contribution in [3.63, 3.8) is 0 Å². The molecule has 0 amide bonds. The lowest BCUT2D eigenvalue weighted by Crippen LogP contribution is -1.88. The standard InChI is InChI=1S/C13H20S2/c1-2-3-4-5-6-7-11-10-12(14)8-9-13(11)15/h8-10,14-15H,2-7H2,1H3. The second-order valence-corrected chi connectivity index (χ2v) is 4.98. The first kappa shape index (κ1) is 13.0. The van der Waals surface area contributed by atoms with Gasteiger partial charge in [-0.2, -0.15) is 0 Å². The van der Waals surface area contributed by atoms with Crippen molar-refractivity contribution in [3.05, 3.63) is 23.8 Å². The number of aryl methyl sites for hydroxylation is 1. The van der Waals surface area contributed by atoms with Gasteiger partial charge in [0, 0.05) is 9.79 Å². The van der Waals surface area contributed by atoms with Crippen molar-refractivity contribution in [2.75, 3.05) is 0 Å². The first-order chi connectivity index (χ1) is 7.24. The highest BCUT2D eigenvalue weighted by molar-refractivity contribution is 7.80. The summed E-state index contributed by atoms with van der Waals surface area (Å²) in [6, 6.07) is 6.16. The molecule has 0 saturated carbocycles. The molecule has 15 heavy (non-hydrogen) atoms. The summed E-state index contributed by atoms with van der Waals surface area (Å²) in [6.07, 6.45) is 7.77. The van der Waals surface area contributed by atoms with Gasteiger partial charge >= 0.3 is 0 Å². The molecule has 0 radical (unpaired) electrons. The molecule has 0 aliphatic carbocycles. The Morgan fingerprint density at radius 1 is 1.00 bits per heavy atom. The number of thiol groups is 2. The van der Waals surface area contributed by atoms with E-state index in [1.165, 1.54) is 37.7 Å². The average molecular weight is 240 g/mol. The lowest BCUT2D eigenvalue weighted by molar-refractivity contribution is 0.629. The zero-order chi connectivity index (χ0) is 11.1. The van der Waals surface area contributed by atoms with E-state index >= 15 is 0 Å². The third-order valence-corrected chi connectivity index (χ3v) is 3.33. The van der Waals surface area contributed by atoms with Crippen LogP contribution < -0.4 is 0 Å². The highest BCUT2D eigenvalue weighted by Gasteiger charge is 1.99. The third kappa shape index (κ3) is 4.98. The van der Waals surface area contributed by atoms with Gasteiger partial charge in [-0.1, -0.05) is 32.6 Å². The van der Waals surface area contributed by atoms with Crippen molar-refractivity contribution in [1.29, 1.82) is 0 Å². The van der Waals surface area contributed by atoms with E-state index in [1.54, 1.807) is 0 Å². The van der Waals surface area contributed by atoms with Crippen LogP contribution in [0, 0.1) is 0 Å². The average Bonchev–Trinajstić information content (AvgIpc) is 2.23. The molecule has 84 valence electrons. The van der Waals surface area contributed by atoms with Crippen LogP contribution in [0.15, 0.2) is 28.0 Å². The Kier molecular flexibility index (Phi) is 6.26. The molecule has 0 aliphatic heterocycles. The molecule has 0 spiro atoms. The summed E-state index contributed by atoms with van der Waals surface area (Å²) < 4.78 is 0. The number of hydrogen-bond acceptors (Lipinski definition) is 2. The van der Waals surface area contributed by atoms with E-state index in [-0.39, 0.29) is 0 Å². The molecule has 0 fully saturated rings. The van der Waals surface area contributed by atoms with E-state index in [0.29, 0.717) is 0 Å². The number of rotatable bonds is 6. The van der Waals surface area contributed by atoms with Crippen molar-refractivity contribution >= 4 is 25.3 Å². The minimum Gasteiger partial charge on any atom is -0.143 e. The largest absolute Gasteiger partial charge is 0.143 e. The molecule has 0 aromatic heterocycles. The summed E-state index contributed by atoms with van der Waals surface area (Å²) in [5.41, 5.74) is 1.34. The summed E-state index contributed by atoms with van der Waals surface area (Å²) in [5, 5.41) is 0.